The van der Waals surface area contributed by atoms with Crippen LogP contribution < -0.4 is 5.73 Å². The van der Waals surface area contributed by atoms with Crippen molar-refractivity contribution in [2.45, 2.75) is 0 Å². The molecule has 6 heteroatoms. The number of benzene rings is 1. The number of amides is 1. The molecule has 84 valence electrons. The fourth-order valence-corrected chi connectivity index (χ4v) is 2.68. The van der Waals surface area contributed by atoms with Crippen molar-refractivity contribution in [3.63, 3.8) is 0 Å². The van der Waals surface area contributed by atoms with Crippen LogP contribution in [0.5, 0.6) is 0 Å². The average molecular weight is 244 g/mol. The molecule has 3 N–H and O–H groups in total. The summed E-state index contributed by atoms with van der Waals surface area (Å²) in [5, 5.41) is 11.4. The molecular weight excluding hydrogens is 236 g/mol. The van der Waals surface area contributed by atoms with Gasteiger partial charge >= 0.3 is 0 Å². The van der Waals surface area contributed by atoms with Crippen molar-refractivity contribution in [2.75, 3.05) is 0 Å². The molecule has 3 rings (SSSR count). The lowest BCUT2D eigenvalue weighted by molar-refractivity contribution is 0.100. The summed E-state index contributed by atoms with van der Waals surface area (Å²) >= 11 is 1.38. The van der Waals surface area contributed by atoms with Crippen LogP contribution in [0.2, 0.25) is 0 Å². The maximum absolute atomic E-state index is 11.2. The van der Waals surface area contributed by atoms with Crippen LogP contribution in [0.15, 0.2) is 30.5 Å². The third-order valence-corrected chi connectivity index (χ3v) is 3.61. The number of rotatable bonds is 2. The van der Waals surface area contributed by atoms with E-state index in [1.165, 1.54) is 11.3 Å². The first-order valence-electron chi connectivity index (χ1n) is 4.94. The van der Waals surface area contributed by atoms with Crippen molar-refractivity contribution in [1.82, 2.24) is 15.4 Å². The second-order valence-electron chi connectivity index (χ2n) is 3.55. The Morgan fingerprint density at radius 1 is 1.41 bits per heavy atom. The summed E-state index contributed by atoms with van der Waals surface area (Å²) in [6, 6.07) is 7.62. The van der Waals surface area contributed by atoms with E-state index in [2.05, 4.69) is 15.4 Å². The van der Waals surface area contributed by atoms with E-state index >= 15 is 0 Å². The smallest absolute Gasteiger partial charge is 0.258 e. The summed E-state index contributed by atoms with van der Waals surface area (Å²) in [6.45, 7) is 0. The van der Waals surface area contributed by atoms with Gasteiger partial charge < -0.3 is 5.73 Å². The van der Waals surface area contributed by atoms with Crippen molar-refractivity contribution in [2.24, 2.45) is 5.73 Å². The third-order valence-electron chi connectivity index (χ3n) is 2.50. The Bertz CT molecular complexity index is 687. The number of carbonyl (C=O) groups is 1. The molecule has 0 fully saturated rings. The van der Waals surface area contributed by atoms with Crippen LogP contribution in [0.1, 0.15) is 9.67 Å². The number of carbonyl (C=O) groups excluding carboxylic acids is 1. The number of nitrogens with zero attached hydrogens (tertiary/aromatic N) is 2. The summed E-state index contributed by atoms with van der Waals surface area (Å²) in [5.74, 6) is -0.405. The molecule has 17 heavy (non-hydrogen) atoms. The number of aromatic amines is 1. The molecular formula is C11H8N4OS. The lowest BCUT2D eigenvalue weighted by atomic mass is 10.1. The van der Waals surface area contributed by atoms with Crippen LogP contribution in [0, 0.1) is 0 Å². The van der Waals surface area contributed by atoms with Gasteiger partial charge in [-0.15, -0.1) is 11.3 Å². The van der Waals surface area contributed by atoms with Gasteiger partial charge in [0.2, 0.25) is 0 Å². The number of H-pyrrole nitrogens is 1. The predicted molar refractivity (Wildman–Crippen MR) is 65.7 cm³/mol. The summed E-state index contributed by atoms with van der Waals surface area (Å²) in [5.41, 5.74) is 6.98. The number of hydrogen-bond donors (Lipinski definition) is 2. The Balaban J connectivity index is 2.29. The number of hydrogen-bond acceptors (Lipinski definition) is 4. The SMILES string of the molecule is NC(=O)c1cc2c(-c3cn[nH]n3)cccc2s1. The van der Waals surface area contributed by atoms with Gasteiger partial charge in [-0.25, -0.2) is 0 Å². The molecule has 0 atom stereocenters. The molecule has 2 aromatic heterocycles. The quantitative estimate of drug-likeness (QED) is 0.720. The number of thiophene rings is 1. The Kier molecular flexibility index (Phi) is 2.15. The van der Waals surface area contributed by atoms with Gasteiger partial charge in [-0.05, 0) is 12.1 Å². The molecule has 3 aromatic rings. The highest BCUT2D eigenvalue weighted by Crippen LogP contribution is 2.32. The van der Waals surface area contributed by atoms with E-state index in [4.69, 9.17) is 5.73 Å². The molecule has 0 unspecified atom stereocenters. The van der Waals surface area contributed by atoms with Gasteiger partial charge in [0.15, 0.2) is 0 Å². The van der Waals surface area contributed by atoms with Gasteiger partial charge in [0.1, 0.15) is 5.69 Å². The molecule has 0 aliphatic carbocycles. The number of aromatic nitrogens is 3. The van der Waals surface area contributed by atoms with Crippen LogP contribution in [0.3, 0.4) is 0 Å². The van der Waals surface area contributed by atoms with E-state index in [-0.39, 0.29) is 0 Å². The van der Waals surface area contributed by atoms with E-state index in [1.807, 2.05) is 18.2 Å². The number of nitrogens with two attached hydrogens (primary N) is 1. The number of nitrogens with one attached hydrogen (secondary N) is 1. The Morgan fingerprint density at radius 2 is 2.29 bits per heavy atom. The highest BCUT2D eigenvalue weighted by Gasteiger charge is 2.11. The molecule has 0 aliphatic rings. The zero-order valence-corrected chi connectivity index (χ0v) is 9.49. The zero-order chi connectivity index (χ0) is 11.8. The van der Waals surface area contributed by atoms with E-state index < -0.39 is 5.91 Å². The van der Waals surface area contributed by atoms with Crippen molar-refractivity contribution < 1.29 is 4.79 Å². The first-order valence-corrected chi connectivity index (χ1v) is 5.76. The van der Waals surface area contributed by atoms with Gasteiger partial charge in [0.05, 0.1) is 11.1 Å². The van der Waals surface area contributed by atoms with Crippen molar-refractivity contribution in [3.05, 3.63) is 35.3 Å². The van der Waals surface area contributed by atoms with Gasteiger partial charge in [0.25, 0.3) is 5.91 Å². The lowest BCUT2D eigenvalue weighted by Gasteiger charge is -1.97. The molecule has 5 nitrogen and oxygen atoms in total. The fraction of sp³-hybridized carbons (Fsp3) is 0. The van der Waals surface area contributed by atoms with E-state index in [0.717, 1.165) is 21.3 Å². The molecule has 1 aromatic carbocycles. The fourth-order valence-electron chi connectivity index (χ4n) is 1.74. The normalized spacial score (nSPS) is 10.8. The van der Waals surface area contributed by atoms with Crippen LogP contribution in [0.25, 0.3) is 21.3 Å². The molecule has 0 radical (unpaired) electrons. The second-order valence-corrected chi connectivity index (χ2v) is 4.63. The van der Waals surface area contributed by atoms with Crippen molar-refractivity contribution >= 4 is 27.3 Å². The van der Waals surface area contributed by atoms with Gasteiger partial charge in [-0.3, -0.25) is 4.79 Å². The zero-order valence-electron chi connectivity index (χ0n) is 8.68. The first-order chi connectivity index (χ1) is 8.25. The van der Waals surface area contributed by atoms with E-state index in [9.17, 15) is 4.79 Å². The molecule has 1 amide bonds. The van der Waals surface area contributed by atoms with Crippen LogP contribution >= 0.6 is 11.3 Å². The van der Waals surface area contributed by atoms with Gasteiger partial charge in [0, 0.05) is 15.6 Å². The minimum Gasteiger partial charge on any atom is -0.365 e. The topological polar surface area (TPSA) is 84.7 Å². The Morgan fingerprint density at radius 3 is 3.00 bits per heavy atom. The monoisotopic (exact) mass is 244 g/mol. The third kappa shape index (κ3) is 1.58. The summed E-state index contributed by atoms with van der Waals surface area (Å²) in [6.07, 6.45) is 1.65. The maximum atomic E-state index is 11.2. The highest BCUT2D eigenvalue weighted by molar-refractivity contribution is 7.20. The molecule has 0 saturated carbocycles. The minimum absolute atomic E-state index is 0.405. The average Bonchev–Trinajstić information content (AvgIpc) is 2.97. The van der Waals surface area contributed by atoms with Crippen LogP contribution in [-0.2, 0) is 0 Å². The van der Waals surface area contributed by atoms with Gasteiger partial charge in [-0.2, -0.15) is 15.4 Å². The van der Waals surface area contributed by atoms with Crippen molar-refractivity contribution in [1.29, 1.82) is 0 Å². The summed E-state index contributed by atoms with van der Waals surface area (Å²) in [4.78, 5) is 11.7. The summed E-state index contributed by atoms with van der Waals surface area (Å²) < 4.78 is 1.01. The Labute approximate surface area is 100 Å². The standard InChI is InChI=1S/C11H8N4OS/c12-11(16)10-4-7-6(8-5-13-15-14-8)2-1-3-9(7)17-10/h1-5H,(H2,12,16)(H,13,14,15). The number of primary amides is 1. The van der Waals surface area contributed by atoms with Gasteiger partial charge in [-0.1, -0.05) is 12.1 Å². The molecule has 0 spiro atoms. The van der Waals surface area contributed by atoms with Crippen LogP contribution in [0.4, 0.5) is 0 Å². The largest absolute Gasteiger partial charge is 0.365 e. The highest BCUT2D eigenvalue weighted by atomic mass is 32.1. The van der Waals surface area contributed by atoms with E-state index in [1.54, 1.807) is 12.3 Å². The molecule has 0 saturated heterocycles. The Hall–Kier alpha value is -2.21. The first kappa shape index (κ1) is 9.98. The number of fused-ring (bicyclic) bond motifs is 1. The second kappa shape index (κ2) is 3.67. The maximum Gasteiger partial charge on any atom is 0.258 e. The molecule has 0 aliphatic heterocycles. The molecule has 0 bridgehead atoms. The van der Waals surface area contributed by atoms with Crippen LogP contribution in [-0.4, -0.2) is 21.3 Å². The summed E-state index contributed by atoms with van der Waals surface area (Å²) in [7, 11) is 0. The minimum atomic E-state index is -0.405. The molecule has 2 heterocycles. The lowest BCUT2D eigenvalue weighted by Crippen LogP contribution is -2.08. The predicted octanol–water partition coefficient (Wildman–Crippen LogP) is 1.79. The van der Waals surface area contributed by atoms with E-state index in [0.29, 0.717) is 4.88 Å². The van der Waals surface area contributed by atoms with Crippen molar-refractivity contribution in [3.8, 4) is 11.3 Å².